The first kappa shape index (κ1) is 17.7. The Morgan fingerprint density at radius 1 is 0.773 bits per heavy atom. The zero-order valence-electron chi connectivity index (χ0n) is 13.9. The molecule has 0 aliphatic heterocycles. The molecule has 0 aromatic rings. The Hall–Kier alpha value is -0.660. The van der Waals surface area contributed by atoms with Crippen molar-refractivity contribution in [3.8, 4) is 0 Å². The predicted octanol–water partition coefficient (Wildman–Crippen LogP) is 7.13. The molecule has 2 rings (SSSR count). The number of halogens is 2. The van der Waals surface area contributed by atoms with E-state index in [1.807, 2.05) is 0 Å². The van der Waals surface area contributed by atoms with Gasteiger partial charge in [-0.3, -0.25) is 0 Å². The van der Waals surface area contributed by atoms with Gasteiger partial charge in [-0.15, -0.1) is 6.58 Å². The minimum Gasteiger partial charge on any atom is -0.174 e. The fourth-order valence-corrected chi connectivity index (χ4v) is 4.68. The van der Waals surface area contributed by atoms with E-state index >= 15 is 0 Å². The van der Waals surface area contributed by atoms with Crippen LogP contribution in [0.5, 0.6) is 0 Å². The maximum absolute atomic E-state index is 12.1. The molecule has 0 saturated heterocycles. The molecule has 0 bridgehead atoms. The summed E-state index contributed by atoms with van der Waals surface area (Å²) in [5, 5.41) is 0. The maximum Gasteiger partial charge on any atom is 0.266 e. The average molecular weight is 310 g/mol. The van der Waals surface area contributed by atoms with Crippen molar-refractivity contribution in [1.82, 2.24) is 0 Å². The van der Waals surface area contributed by atoms with Gasteiger partial charge in [0.1, 0.15) is 0 Å². The van der Waals surface area contributed by atoms with Gasteiger partial charge >= 0.3 is 0 Å². The Bertz CT molecular complexity index is 341. The Balaban J connectivity index is 1.63. The molecular formula is C20H32F2. The Morgan fingerprint density at radius 2 is 1.23 bits per heavy atom. The van der Waals surface area contributed by atoms with Crippen molar-refractivity contribution in [2.24, 2.45) is 23.7 Å². The van der Waals surface area contributed by atoms with Gasteiger partial charge in [-0.25, -0.2) is 0 Å². The van der Waals surface area contributed by atoms with Crippen molar-refractivity contribution < 1.29 is 8.78 Å². The molecule has 0 N–H and O–H groups in total. The average Bonchev–Trinajstić information content (AvgIpc) is 2.54. The van der Waals surface area contributed by atoms with E-state index in [0.717, 1.165) is 30.3 Å². The van der Waals surface area contributed by atoms with Gasteiger partial charge in [0.2, 0.25) is 0 Å². The van der Waals surface area contributed by atoms with Crippen LogP contribution < -0.4 is 0 Å². The highest BCUT2D eigenvalue weighted by Gasteiger charge is 2.30. The molecule has 0 heterocycles. The summed E-state index contributed by atoms with van der Waals surface area (Å²) in [7, 11) is 0. The second kappa shape index (κ2) is 9.47. The number of hydrogen-bond donors (Lipinski definition) is 0. The summed E-state index contributed by atoms with van der Waals surface area (Å²) in [6.07, 6.45) is 16.6. The molecule has 0 aromatic carbocycles. The van der Waals surface area contributed by atoms with Crippen LogP contribution in [-0.2, 0) is 0 Å². The quantitative estimate of drug-likeness (QED) is 0.439. The van der Waals surface area contributed by atoms with Crippen LogP contribution in [0, 0.1) is 23.7 Å². The third-order valence-electron chi connectivity index (χ3n) is 6.10. The molecule has 0 spiro atoms. The molecule has 2 saturated carbocycles. The van der Waals surface area contributed by atoms with Crippen molar-refractivity contribution >= 4 is 0 Å². The molecular weight excluding hydrogens is 278 g/mol. The molecule has 126 valence electrons. The zero-order chi connectivity index (χ0) is 15.8. The van der Waals surface area contributed by atoms with Crippen LogP contribution in [0.1, 0.15) is 77.0 Å². The van der Waals surface area contributed by atoms with E-state index in [0.29, 0.717) is 12.3 Å². The molecule has 2 fully saturated rings. The molecule has 0 aromatic heterocycles. The summed E-state index contributed by atoms with van der Waals surface area (Å²) in [6, 6.07) is 0. The normalized spacial score (nSPS) is 32.5. The number of rotatable bonds is 7. The monoisotopic (exact) mass is 310 g/mol. The van der Waals surface area contributed by atoms with Gasteiger partial charge in [-0.05, 0) is 81.1 Å². The van der Waals surface area contributed by atoms with Crippen LogP contribution in [0.25, 0.3) is 0 Å². The lowest BCUT2D eigenvalue weighted by Gasteiger charge is -2.38. The SMILES string of the molecule is C=CCC[C@H]1CC[C@H]([C@H]2CC[C@H](CCC=C(F)F)CC2)CC1. The van der Waals surface area contributed by atoms with Crippen molar-refractivity contribution in [3.63, 3.8) is 0 Å². The van der Waals surface area contributed by atoms with Gasteiger partial charge in [-0.1, -0.05) is 31.8 Å². The Labute approximate surface area is 135 Å². The largest absolute Gasteiger partial charge is 0.266 e. The van der Waals surface area contributed by atoms with Gasteiger partial charge < -0.3 is 0 Å². The van der Waals surface area contributed by atoms with Crippen LogP contribution in [0.3, 0.4) is 0 Å². The first-order valence-electron chi connectivity index (χ1n) is 9.31. The number of allylic oxidation sites excluding steroid dienone is 2. The van der Waals surface area contributed by atoms with Crippen LogP contribution in [-0.4, -0.2) is 0 Å². The van der Waals surface area contributed by atoms with Gasteiger partial charge in [0, 0.05) is 0 Å². The molecule has 2 heteroatoms. The third kappa shape index (κ3) is 5.85. The van der Waals surface area contributed by atoms with E-state index in [9.17, 15) is 8.78 Å². The van der Waals surface area contributed by atoms with E-state index in [1.165, 1.54) is 64.2 Å². The topological polar surface area (TPSA) is 0 Å². The molecule has 2 aliphatic carbocycles. The highest BCUT2D eigenvalue weighted by atomic mass is 19.3. The van der Waals surface area contributed by atoms with E-state index < -0.39 is 6.08 Å². The Kier molecular flexibility index (Phi) is 7.62. The predicted molar refractivity (Wildman–Crippen MR) is 89.9 cm³/mol. The molecule has 0 nitrogen and oxygen atoms in total. The van der Waals surface area contributed by atoms with E-state index in [-0.39, 0.29) is 0 Å². The first-order valence-corrected chi connectivity index (χ1v) is 9.31. The first-order chi connectivity index (χ1) is 10.7. The van der Waals surface area contributed by atoms with Gasteiger partial charge in [0.15, 0.2) is 0 Å². The van der Waals surface area contributed by atoms with Crippen molar-refractivity contribution in [3.05, 3.63) is 24.8 Å². The van der Waals surface area contributed by atoms with Crippen molar-refractivity contribution in [1.29, 1.82) is 0 Å². The van der Waals surface area contributed by atoms with Crippen LogP contribution in [0.4, 0.5) is 8.78 Å². The smallest absolute Gasteiger partial charge is 0.174 e. The molecule has 0 radical (unpaired) electrons. The highest BCUT2D eigenvalue weighted by Crippen LogP contribution is 2.42. The van der Waals surface area contributed by atoms with Crippen LogP contribution in [0.2, 0.25) is 0 Å². The fourth-order valence-electron chi connectivity index (χ4n) is 4.68. The van der Waals surface area contributed by atoms with Crippen molar-refractivity contribution in [2.45, 2.75) is 77.0 Å². The third-order valence-corrected chi connectivity index (χ3v) is 6.10. The molecule has 0 unspecified atom stereocenters. The van der Waals surface area contributed by atoms with Gasteiger partial charge in [0.05, 0.1) is 0 Å². The molecule has 0 amide bonds. The standard InChI is InChI=1S/C20H32F2/c1-2-3-5-16-8-12-18(13-9-16)19-14-10-17(11-15-19)6-4-7-20(21)22/h2,7,16-19H,1,3-6,8-15H2/t16-,17-,18-,19-. The summed E-state index contributed by atoms with van der Waals surface area (Å²) < 4.78 is 24.1. The minimum absolute atomic E-state index is 0.562. The minimum atomic E-state index is -1.51. The van der Waals surface area contributed by atoms with E-state index in [4.69, 9.17) is 0 Å². The fraction of sp³-hybridized carbons (Fsp3) is 0.800. The summed E-state index contributed by atoms with van der Waals surface area (Å²) >= 11 is 0. The van der Waals surface area contributed by atoms with Gasteiger partial charge in [-0.2, -0.15) is 8.78 Å². The lowest BCUT2D eigenvalue weighted by atomic mass is 9.68. The second-order valence-corrected chi connectivity index (χ2v) is 7.50. The van der Waals surface area contributed by atoms with Crippen LogP contribution in [0.15, 0.2) is 24.8 Å². The lowest BCUT2D eigenvalue weighted by Crippen LogP contribution is -2.25. The lowest BCUT2D eigenvalue weighted by molar-refractivity contribution is 0.141. The number of hydrogen-bond acceptors (Lipinski definition) is 0. The van der Waals surface area contributed by atoms with Crippen molar-refractivity contribution in [2.75, 3.05) is 0 Å². The Morgan fingerprint density at radius 3 is 1.64 bits per heavy atom. The summed E-state index contributed by atoms with van der Waals surface area (Å²) in [5.74, 6) is 3.50. The molecule has 2 aliphatic rings. The summed E-state index contributed by atoms with van der Waals surface area (Å²) in [5.41, 5.74) is 0. The second-order valence-electron chi connectivity index (χ2n) is 7.50. The van der Waals surface area contributed by atoms with E-state index in [2.05, 4.69) is 12.7 Å². The summed E-state index contributed by atoms with van der Waals surface area (Å²) in [6.45, 7) is 3.83. The van der Waals surface area contributed by atoms with E-state index in [1.54, 1.807) is 0 Å². The summed E-state index contributed by atoms with van der Waals surface area (Å²) in [4.78, 5) is 0. The highest BCUT2D eigenvalue weighted by molar-refractivity contribution is 4.85. The maximum atomic E-state index is 12.1. The molecule has 0 atom stereocenters. The zero-order valence-corrected chi connectivity index (χ0v) is 13.9. The molecule has 22 heavy (non-hydrogen) atoms. The van der Waals surface area contributed by atoms with Gasteiger partial charge in [0.25, 0.3) is 6.08 Å². The van der Waals surface area contributed by atoms with Crippen LogP contribution >= 0.6 is 0 Å².